The summed E-state index contributed by atoms with van der Waals surface area (Å²) in [5.74, 6) is -0.775. The number of imide groups is 1. The Morgan fingerprint density at radius 1 is 1.23 bits per heavy atom. The van der Waals surface area contributed by atoms with E-state index in [0.29, 0.717) is 6.61 Å². The summed E-state index contributed by atoms with van der Waals surface area (Å²) in [6, 6.07) is 0. The number of amides is 2. The molecular formula is C9H13NO3. The maximum Gasteiger partial charge on any atom is 0.277 e. The lowest BCUT2D eigenvalue weighted by Crippen LogP contribution is -2.30. The maximum atomic E-state index is 10.9. The standard InChI is InChI=1S/C9H13NO3/c1-2-3-4-7-13-10-8(11)5-6-9(10)12/h5-6H,2-4,7H2,1H3. The average Bonchev–Trinajstić information content (AvgIpc) is 2.42. The molecule has 2 amide bonds. The zero-order chi connectivity index (χ0) is 9.68. The third kappa shape index (κ3) is 2.66. The Hall–Kier alpha value is -1.16. The molecule has 4 nitrogen and oxygen atoms in total. The van der Waals surface area contributed by atoms with Crippen LogP contribution in [-0.2, 0) is 14.4 Å². The Morgan fingerprint density at radius 3 is 2.38 bits per heavy atom. The molecule has 1 heterocycles. The van der Waals surface area contributed by atoms with Crippen molar-refractivity contribution in [3.8, 4) is 0 Å². The van der Waals surface area contributed by atoms with E-state index in [1.165, 1.54) is 12.2 Å². The van der Waals surface area contributed by atoms with Gasteiger partial charge in [0.15, 0.2) is 0 Å². The van der Waals surface area contributed by atoms with Crippen molar-refractivity contribution in [2.45, 2.75) is 26.2 Å². The van der Waals surface area contributed by atoms with Crippen molar-refractivity contribution in [3.63, 3.8) is 0 Å². The first kappa shape index (κ1) is 9.92. The van der Waals surface area contributed by atoms with Crippen LogP contribution in [0.25, 0.3) is 0 Å². The van der Waals surface area contributed by atoms with Gasteiger partial charge in [0.05, 0.1) is 6.61 Å². The molecule has 13 heavy (non-hydrogen) atoms. The summed E-state index contributed by atoms with van der Waals surface area (Å²) in [6.07, 6.45) is 5.42. The number of hydrogen-bond donors (Lipinski definition) is 0. The largest absolute Gasteiger partial charge is 0.277 e. The highest BCUT2D eigenvalue weighted by Gasteiger charge is 2.23. The molecule has 1 aliphatic rings. The molecular weight excluding hydrogens is 170 g/mol. The van der Waals surface area contributed by atoms with Gasteiger partial charge < -0.3 is 0 Å². The molecule has 0 saturated heterocycles. The van der Waals surface area contributed by atoms with Gasteiger partial charge in [-0.3, -0.25) is 14.4 Å². The minimum atomic E-state index is -0.388. The van der Waals surface area contributed by atoms with Gasteiger partial charge in [0.25, 0.3) is 11.8 Å². The van der Waals surface area contributed by atoms with Gasteiger partial charge in [-0.15, -0.1) is 5.06 Å². The lowest BCUT2D eigenvalue weighted by molar-refractivity contribution is -0.185. The first-order valence-electron chi connectivity index (χ1n) is 4.44. The minimum Gasteiger partial charge on any atom is -0.267 e. The molecule has 0 aromatic rings. The molecule has 4 heteroatoms. The van der Waals surface area contributed by atoms with Gasteiger partial charge in [-0.25, -0.2) is 0 Å². The molecule has 0 atom stereocenters. The maximum absolute atomic E-state index is 10.9. The van der Waals surface area contributed by atoms with E-state index in [0.717, 1.165) is 24.3 Å². The first-order valence-corrected chi connectivity index (χ1v) is 4.44. The van der Waals surface area contributed by atoms with Crippen molar-refractivity contribution in [1.29, 1.82) is 0 Å². The van der Waals surface area contributed by atoms with E-state index in [-0.39, 0.29) is 11.8 Å². The van der Waals surface area contributed by atoms with Crippen LogP contribution in [0.1, 0.15) is 26.2 Å². The summed E-state index contributed by atoms with van der Waals surface area (Å²) in [4.78, 5) is 26.9. The van der Waals surface area contributed by atoms with Gasteiger partial charge in [0.1, 0.15) is 0 Å². The second-order valence-corrected chi connectivity index (χ2v) is 2.84. The molecule has 0 saturated carbocycles. The quantitative estimate of drug-likeness (QED) is 0.472. The van der Waals surface area contributed by atoms with Crippen LogP contribution >= 0.6 is 0 Å². The van der Waals surface area contributed by atoms with Crippen molar-refractivity contribution in [2.24, 2.45) is 0 Å². The topological polar surface area (TPSA) is 46.6 Å². The highest BCUT2D eigenvalue weighted by molar-refractivity contribution is 6.11. The fourth-order valence-electron chi connectivity index (χ4n) is 1.02. The number of hydroxylamine groups is 2. The van der Waals surface area contributed by atoms with Gasteiger partial charge in [-0.05, 0) is 6.42 Å². The van der Waals surface area contributed by atoms with Gasteiger partial charge >= 0.3 is 0 Å². The zero-order valence-corrected chi connectivity index (χ0v) is 7.66. The highest BCUT2D eigenvalue weighted by Crippen LogP contribution is 2.05. The van der Waals surface area contributed by atoms with E-state index in [2.05, 4.69) is 6.92 Å². The van der Waals surface area contributed by atoms with Crippen molar-refractivity contribution in [1.82, 2.24) is 5.06 Å². The molecule has 72 valence electrons. The van der Waals surface area contributed by atoms with Crippen LogP contribution in [0.3, 0.4) is 0 Å². The number of nitrogens with zero attached hydrogens (tertiary/aromatic N) is 1. The average molecular weight is 183 g/mol. The van der Waals surface area contributed by atoms with E-state index in [4.69, 9.17) is 4.84 Å². The van der Waals surface area contributed by atoms with Crippen molar-refractivity contribution in [2.75, 3.05) is 6.61 Å². The fraction of sp³-hybridized carbons (Fsp3) is 0.556. The van der Waals surface area contributed by atoms with E-state index in [9.17, 15) is 9.59 Å². The molecule has 1 aliphatic heterocycles. The molecule has 0 radical (unpaired) electrons. The second kappa shape index (κ2) is 4.77. The molecule has 0 aromatic carbocycles. The number of hydrogen-bond acceptors (Lipinski definition) is 3. The second-order valence-electron chi connectivity index (χ2n) is 2.84. The summed E-state index contributed by atoms with van der Waals surface area (Å²) in [5.41, 5.74) is 0. The van der Waals surface area contributed by atoms with Gasteiger partial charge in [-0.1, -0.05) is 19.8 Å². The Kier molecular flexibility index (Phi) is 3.64. The molecule has 0 unspecified atom stereocenters. The normalized spacial score (nSPS) is 15.9. The fourth-order valence-corrected chi connectivity index (χ4v) is 1.02. The molecule has 0 aromatic heterocycles. The van der Waals surface area contributed by atoms with Crippen LogP contribution in [0, 0.1) is 0 Å². The number of rotatable bonds is 5. The van der Waals surface area contributed by atoms with E-state index in [1.807, 2.05) is 0 Å². The molecule has 0 aliphatic carbocycles. The van der Waals surface area contributed by atoms with E-state index >= 15 is 0 Å². The first-order chi connectivity index (χ1) is 6.25. The number of carbonyl (C=O) groups excluding carboxylic acids is 2. The smallest absolute Gasteiger partial charge is 0.267 e. The third-order valence-corrected chi connectivity index (χ3v) is 1.74. The van der Waals surface area contributed by atoms with Crippen molar-refractivity contribution < 1.29 is 14.4 Å². The highest BCUT2D eigenvalue weighted by atomic mass is 16.7. The molecule has 0 bridgehead atoms. The SMILES string of the molecule is CCCCCON1C(=O)C=CC1=O. The number of unbranched alkanes of at least 4 members (excludes halogenated alkanes) is 2. The zero-order valence-electron chi connectivity index (χ0n) is 7.66. The summed E-state index contributed by atoms with van der Waals surface area (Å²) < 4.78 is 0. The van der Waals surface area contributed by atoms with Crippen LogP contribution in [0.4, 0.5) is 0 Å². The van der Waals surface area contributed by atoms with Crippen molar-refractivity contribution in [3.05, 3.63) is 12.2 Å². The van der Waals surface area contributed by atoms with Gasteiger partial charge in [0.2, 0.25) is 0 Å². The summed E-state index contributed by atoms with van der Waals surface area (Å²) in [5, 5.41) is 0.801. The van der Waals surface area contributed by atoms with Gasteiger partial charge in [-0.2, -0.15) is 0 Å². The molecule has 0 fully saturated rings. The van der Waals surface area contributed by atoms with Crippen LogP contribution in [0.15, 0.2) is 12.2 Å². The molecule has 0 N–H and O–H groups in total. The van der Waals surface area contributed by atoms with Crippen LogP contribution < -0.4 is 0 Å². The monoisotopic (exact) mass is 183 g/mol. The Balaban J connectivity index is 2.22. The third-order valence-electron chi connectivity index (χ3n) is 1.74. The Labute approximate surface area is 77.1 Å². The van der Waals surface area contributed by atoms with Crippen LogP contribution in [0.2, 0.25) is 0 Å². The van der Waals surface area contributed by atoms with Crippen LogP contribution in [-0.4, -0.2) is 23.5 Å². The predicted molar refractivity (Wildman–Crippen MR) is 46.5 cm³/mol. The minimum absolute atomic E-state index is 0.388. The Bertz CT molecular complexity index is 217. The molecule has 0 spiro atoms. The summed E-state index contributed by atoms with van der Waals surface area (Å²) >= 11 is 0. The number of carbonyl (C=O) groups is 2. The lowest BCUT2D eigenvalue weighted by Gasteiger charge is -2.12. The lowest BCUT2D eigenvalue weighted by atomic mass is 10.3. The van der Waals surface area contributed by atoms with E-state index in [1.54, 1.807) is 0 Å². The molecule has 1 rings (SSSR count). The van der Waals surface area contributed by atoms with E-state index < -0.39 is 0 Å². The van der Waals surface area contributed by atoms with Crippen LogP contribution in [0.5, 0.6) is 0 Å². The van der Waals surface area contributed by atoms with Crippen molar-refractivity contribution >= 4 is 11.8 Å². The Morgan fingerprint density at radius 2 is 1.85 bits per heavy atom. The predicted octanol–water partition coefficient (Wildman–Crippen LogP) is 1.03. The van der Waals surface area contributed by atoms with Gasteiger partial charge in [0, 0.05) is 12.2 Å². The summed E-state index contributed by atoms with van der Waals surface area (Å²) in [6.45, 7) is 2.50. The summed E-state index contributed by atoms with van der Waals surface area (Å²) in [7, 11) is 0.